The number of halogens is 1. The maximum absolute atomic E-state index is 6.25. The summed E-state index contributed by atoms with van der Waals surface area (Å²) in [6.07, 6.45) is 1.65. The van der Waals surface area contributed by atoms with Gasteiger partial charge in [-0.05, 0) is 36.2 Å². The first kappa shape index (κ1) is 17.0. The predicted molar refractivity (Wildman–Crippen MR) is 106 cm³/mol. The van der Waals surface area contributed by atoms with E-state index in [1.54, 1.807) is 17.6 Å². The highest BCUT2D eigenvalue weighted by Gasteiger charge is 2.21. The Bertz CT molecular complexity index is 1030. The number of rotatable bonds is 5. The van der Waals surface area contributed by atoms with E-state index in [2.05, 4.69) is 27.4 Å². The Balaban J connectivity index is 1.87. The minimum atomic E-state index is -0.124. The molecule has 0 amide bonds. The zero-order chi connectivity index (χ0) is 18.1. The molecule has 0 aliphatic rings. The van der Waals surface area contributed by atoms with Gasteiger partial charge in [-0.15, -0.1) is 11.3 Å². The van der Waals surface area contributed by atoms with Crippen LogP contribution in [0.1, 0.15) is 23.6 Å². The normalized spacial score (nSPS) is 12.4. The second-order valence-electron chi connectivity index (χ2n) is 5.95. The first-order chi connectivity index (χ1) is 12.6. The molecule has 7 heteroatoms. The van der Waals surface area contributed by atoms with Gasteiger partial charge in [0, 0.05) is 16.5 Å². The summed E-state index contributed by atoms with van der Waals surface area (Å²) in [6.45, 7) is 2.49. The van der Waals surface area contributed by atoms with Crippen molar-refractivity contribution in [3.8, 4) is 11.1 Å². The Hall–Kier alpha value is -2.41. The van der Waals surface area contributed by atoms with Gasteiger partial charge >= 0.3 is 0 Å². The lowest BCUT2D eigenvalue weighted by molar-refractivity contribution is 0.518. The first-order valence-corrected chi connectivity index (χ1v) is 9.40. The zero-order valence-corrected chi connectivity index (χ0v) is 15.6. The molecule has 5 nitrogen and oxygen atoms in total. The largest absolute Gasteiger partial charge is 0.467 e. The third kappa shape index (κ3) is 3.19. The molecule has 0 spiro atoms. The Kier molecular flexibility index (Phi) is 4.63. The van der Waals surface area contributed by atoms with E-state index < -0.39 is 0 Å². The van der Waals surface area contributed by atoms with Crippen molar-refractivity contribution in [3.05, 3.63) is 64.6 Å². The van der Waals surface area contributed by atoms with Gasteiger partial charge in [0.1, 0.15) is 11.6 Å². The number of fused-ring (bicyclic) bond motifs is 1. The smallest absolute Gasteiger partial charge is 0.224 e. The summed E-state index contributed by atoms with van der Waals surface area (Å²) in [5.41, 5.74) is 9.15. The number of hydrogen-bond donors (Lipinski definition) is 2. The van der Waals surface area contributed by atoms with Gasteiger partial charge < -0.3 is 15.5 Å². The molecule has 1 atom stereocenters. The van der Waals surface area contributed by atoms with E-state index in [9.17, 15) is 0 Å². The predicted octanol–water partition coefficient (Wildman–Crippen LogP) is 5.24. The molecule has 4 aromatic rings. The molecule has 0 aliphatic heterocycles. The number of anilines is 1. The Morgan fingerprint density at radius 2 is 2.00 bits per heavy atom. The molecule has 3 aromatic heterocycles. The molecule has 1 aromatic carbocycles. The van der Waals surface area contributed by atoms with Gasteiger partial charge in [-0.3, -0.25) is 0 Å². The summed E-state index contributed by atoms with van der Waals surface area (Å²) < 4.78 is 6.32. The van der Waals surface area contributed by atoms with E-state index in [1.165, 1.54) is 0 Å². The number of thiophene rings is 1. The molecule has 3 N–H and O–H groups in total. The number of benzene rings is 1. The van der Waals surface area contributed by atoms with Crippen LogP contribution in [0.2, 0.25) is 5.28 Å². The summed E-state index contributed by atoms with van der Waals surface area (Å²) >= 11 is 7.82. The van der Waals surface area contributed by atoms with Crippen LogP contribution in [0, 0.1) is 0 Å². The van der Waals surface area contributed by atoms with Crippen LogP contribution in [0.5, 0.6) is 0 Å². The van der Waals surface area contributed by atoms with Gasteiger partial charge in [-0.25, -0.2) is 4.98 Å². The molecule has 132 valence electrons. The fourth-order valence-corrected chi connectivity index (χ4v) is 4.23. The maximum atomic E-state index is 6.25. The minimum Gasteiger partial charge on any atom is -0.467 e. The summed E-state index contributed by atoms with van der Waals surface area (Å²) in [5, 5.41) is 3.50. The summed E-state index contributed by atoms with van der Waals surface area (Å²) in [6, 6.07) is 13.7. The Morgan fingerprint density at radius 3 is 2.69 bits per heavy atom. The monoisotopic (exact) mass is 384 g/mol. The fourth-order valence-electron chi connectivity index (χ4n) is 2.88. The van der Waals surface area contributed by atoms with Crippen LogP contribution >= 0.6 is 22.9 Å². The molecule has 0 saturated carbocycles. The standard InChI is InChI=1S/C19H17ClN4OS/c1-11(21)16-14(12-6-3-2-4-7-12)15-17(26-16)18(24-19(20)23-15)22-10-13-8-5-9-25-13/h2-9,11H,10,21H2,1H3,(H,22,23,24). The number of furan rings is 1. The van der Waals surface area contributed by atoms with E-state index in [4.69, 9.17) is 21.8 Å². The van der Waals surface area contributed by atoms with Crippen molar-refractivity contribution >= 4 is 39.0 Å². The van der Waals surface area contributed by atoms with E-state index in [0.29, 0.717) is 12.4 Å². The lowest BCUT2D eigenvalue weighted by atomic mass is 10.0. The Morgan fingerprint density at radius 1 is 1.19 bits per heavy atom. The summed E-state index contributed by atoms with van der Waals surface area (Å²) in [7, 11) is 0. The molecule has 0 aliphatic carbocycles. The lowest BCUT2D eigenvalue weighted by Crippen LogP contribution is -2.04. The van der Waals surface area contributed by atoms with Crippen molar-refractivity contribution in [2.24, 2.45) is 5.73 Å². The van der Waals surface area contributed by atoms with Gasteiger partial charge in [0.2, 0.25) is 5.28 Å². The van der Waals surface area contributed by atoms with Crippen LogP contribution in [-0.4, -0.2) is 9.97 Å². The lowest BCUT2D eigenvalue weighted by Gasteiger charge is -2.08. The van der Waals surface area contributed by atoms with Crippen molar-refractivity contribution in [3.63, 3.8) is 0 Å². The Labute approximate surface area is 159 Å². The molecule has 1 unspecified atom stereocenters. The molecule has 0 fully saturated rings. The number of nitrogens with one attached hydrogen (secondary N) is 1. The third-order valence-corrected chi connectivity index (χ3v) is 5.58. The molecule has 4 rings (SSSR count). The van der Waals surface area contributed by atoms with E-state index in [0.717, 1.165) is 32.0 Å². The maximum Gasteiger partial charge on any atom is 0.224 e. The van der Waals surface area contributed by atoms with Crippen molar-refractivity contribution < 1.29 is 4.42 Å². The fraction of sp³-hybridized carbons (Fsp3) is 0.158. The topological polar surface area (TPSA) is 77.0 Å². The highest BCUT2D eigenvalue weighted by molar-refractivity contribution is 7.20. The van der Waals surface area contributed by atoms with Crippen molar-refractivity contribution in [2.75, 3.05) is 5.32 Å². The van der Waals surface area contributed by atoms with Crippen LogP contribution in [0.3, 0.4) is 0 Å². The third-order valence-electron chi connectivity index (χ3n) is 4.02. The number of nitrogens with two attached hydrogens (primary N) is 1. The number of nitrogens with zero attached hydrogens (tertiary/aromatic N) is 2. The van der Waals surface area contributed by atoms with Crippen LogP contribution in [0.4, 0.5) is 5.82 Å². The molecule has 0 bridgehead atoms. The van der Waals surface area contributed by atoms with Crippen molar-refractivity contribution in [1.29, 1.82) is 0 Å². The van der Waals surface area contributed by atoms with Gasteiger partial charge in [0.15, 0.2) is 0 Å². The van der Waals surface area contributed by atoms with Crippen LogP contribution in [0.25, 0.3) is 21.3 Å². The SMILES string of the molecule is CC(N)c1sc2c(NCc3ccco3)nc(Cl)nc2c1-c1ccccc1. The minimum absolute atomic E-state index is 0.124. The molecule has 3 heterocycles. The average molecular weight is 385 g/mol. The highest BCUT2D eigenvalue weighted by Crippen LogP contribution is 2.43. The van der Waals surface area contributed by atoms with E-state index in [-0.39, 0.29) is 11.3 Å². The van der Waals surface area contributed by atoms with E-state index in [1.807, 2.05) is 37.3 Å². The molecular formula is C19H17ClN4OS. The van der Waals surface area contributed by atoms with Crippen molar-refractivity contribution in [2.45, 2.75) is 19.5 Å². The summed E-state index contributed by atoms with van der Waals surface area (Å²) in [4.78, 5) is 9.94. The second-order valence-corrected chi connectivity index (χ2v) is 7.34. The van der Waals surface area contributed by atoms with E-state index >= 15 is 0 Å². The quantitative estimate of drug-likeness (QED) is 0.460. The van der Waals surface area contributed by atoms with Gasteiger partial charge in [-0.1, -0.05) is 30.3 Å². The second kappa shape index (κ2) is 7.07. The van der Waals surface area contributed by atoms with Crippen LogP contribution in [-0.2, 0) is 6.54 Å². The van der Waals surface area contributed by atoms with Gasteiger partial charge in [0.05, 0.1) is 23.0 Å². The summed E-state index contributed by atoms with van der Waals surface area (Å²) in [5.74, 6) is 1.51. The van der Waals surface area contributed by atoms with Crippen LogP contribution < -0.4 is 11.1 Å². The average Bonchev–Trinajstić information content (AvgIpc) is 3.28. The van der Waals surface area contributed by atoms with Gasteiger partial charge in [0.25, 0.3) is 0 Å². The molecule has 0 saturated heterocycles. The van der Waals surface area contributed by atoms with Crippen LogP contribution in [0.15, 0.2) is 53.1 Å². The molecular weight excluding hydrogens is 368 g/mol. The zero-order valence-electron chi connectivity index (χ0n) is 14.1. The van der Waals surface area contributed by atoms with Gasteiger partial charge in [-0.2, -0.15) is 4.98 Å². The number of hydrogen-bond acceptors (Lipinski definition) is 6. The molecule has 26 heavy (non-hydrogen) atoms. The number of aromatic nitrogens is 2. The highest BCUT2D eigenvalue weighted by atomic mass is 35.5. The first-order valence-electron chi connectivity index (χ1n) is 8.20. The molecule has 0 radical (unpaired) electrons. The van der Waals surface area contributed by atoms with Crippen molar-refractivity contribution in [1.82, 2.24) is 9.97 Å².